The van der Waals surface area contributed by atoms with E-state index in [1.807, 2.05) is 18.2 Å². The van der Waals surface area contributed by atoms with Gasteiger partial charge in [-0.25, -0.2) is 0 Å². The highest BCUT2D eigenvalue weighted by Gasteiger charge is 2.10. The molecule has 0 saturated heterocycles. The number of nitrogens with zero attached hydrogens (tertiary/aromatic N) is 1. The van der Waals surface area contributed by atoms with E-state index in [0.717, 1.165) is 12.8 Å². The van der Waals surface area contributed by atoms with Crippen LogP contribution in [0.3, 0.4) is 0 Å². The summed E-state index contributed by atoms with van der Waals surface area (Å²) in [5.41, 5.74) is 1.61. The van der Waals surface area contributed by atoms with Crippen molar-refractivity contribution in [2.24, 2.45) is 0 Å². The van der Waals surface area contributed by atoms with E-state index in [0.29, 0.717) is 0 Å². The van der Waals surface area contributed by atoms with Crippen molar-refractivity contribution in [1.82, 2.24) is 0 Å². The summed E-state index contributed by atoms with van der Waals surface area (Å²) in [4.78, 5) is 1.20. The summed E-state index contributed by atoms with van der Waals surface area (Å²) in [7, 11) is 0. The zero-order valence-electron chi connectivity index (χ0n) is 10.6. The fourth-order valence-electron chi connectivity index (χ4n) is 2.29. The Balaban J connectivity index is 1.74. The topological polar surface area (TPSA) is 23.8 Å². The summed E-state index contributed by atoms with van der Waals surface area (Å²) in [5, 5.41) is 9.29. The first-order chi connectivity index (χ1) is 8.88. The molecule has 1 aromatic carbocycles. The molecule has 0 aliphatic heterocycles. The molecule has 0 fully saturated rings. The fraction of sp³-hybridized carbons (Fsp3) is 0.438. The van der Waals surface area contributed by atoms with Crippen LogP contribution in [0.5, 0.6) is 0 Å². The van der Waals surface area contributed by atoms with Crippen molar-refractivity contribution in [1.29, 1.82) is 5.26 Å². The molecule has 2 heteroatoms. The van der Waals surface area contributed by atoms with Crippen molar-refractivity contribution < 1.29 is 0 Å². The van der Waals surface area contributed by atoms with Gasteiger partial charge in [0, 0.05) is 4.90 Å². The first-order valence-electron chi connectivity index (χ1n) is 6.68. The Bertz CT molecular complexity index is 430. The van der Waals surface area contributed by atoms with Gasteiger partial charge in [0.1, 0.15) is 0 Å². The zero-order chi connectivity index (χ0) is 12.6. The molecule has 1 unspecified atom stereocenters. The molecule has 0 spiro atoms. The fourth-order valence-corrected chi connectivity index (χ4v) is 3.27. The van der Waals surface area contributed by atoms with Crippen LogP contribution in [0, 0.1) is 11.3 Å². The van der Waals surface area contributed by atoms with E-state index < -0.39 is 0 Å². The predicted molar refractivity (Wildman–Crippen MR) is 77.5 cm³/mol. The van der Waals surface area contributed by atoms with E-state index in [9.17, 15) is 5.26 Å². The Morgan fingerprint density at radius 2 is 2.11 bits per heavy atom. The summed E-state index contributed by atoms with van der Waals surface area (Å²) < 4.78 is 0. The Morgan fingerprint density at radius 1 is 1.28 bits per heavy atom. The van der Waals surface area contributed by atoms with Crippen LogP contribution < -0.4 is 0 Å². The van der Waals surface area contributed by atoms with Crippen molar-refractivity contribution in [2.45, 2.75) is 48.7 Å². The minimum Gasteiger partial charge on any atom is -0.197 e. The molecular formula is C16H19NS. The Labute approximate surface area is 114 Å². The summed E-state index contributed by atoms with van der Waals surface area (Å²) in [5.74, 6) is 0. The van der Waals surface area contributed by atoms with Gasteiger partial charge in [0.25, 0.3) is 0 Å². The molecule has 0 radical (unpaired) electrons. The van der Waals surface area contributed by atoms with Gasteiger partial charge in [-0.1, -0.05) is 29.8 Å². The lowest BCUT2D eigenvalue weighted by Crippen LogP contribution is -1.98. The third kappa shape index (κ3) is 4.23. The number of hydrogen-bond acceptors (Lipinski definition) is 2. The Morgan fingerprint density at radius 3 is 2.78 bits per heavy atom. The third-order valence-corrected chi connectivity index (χ3v) is 4.43. The maximum atomic E-state index is 9.19. The molecule has 0 aromatic heterocycles. The highest BCUT2D eigenvalue weighted by molar-refractivity contribution is 8.00. The monoisotopic (exact) mass is 257 g/mol. The van der Waals surface area contributed by atoms with Crippen molar-refractivity contribution in [2.75, 3.05) is 0 Å². The predicted octanol–water partition coefficient (Wildman–Crippen LogP) is 4.95. The second-order valence-corrected chi connectivity index (χ2v) is 5.97. The average Bonchev–Trinajstić information content (AvgIpc) is 2.92. The van der Waals surface area contributed by atoms with Crippen LogP contribution in [0.1, 0.15) is 38.5 Å². The second kappa shape index (κ2) is 7.28. The number of allylic oxidation sites excluding steroid dienone is 2. The van der Waals surface area contributed by atoms with Gasteiger partial charge in [0.2, 0.25) is 0 Å². The van der Waals surface area contributed by atoms with Gasteiger partial charge in [-0.3, -0.25) is 0 Å². The number of rotatable bonds is 6. The van der Waals surface area contributed by atoms with Gasteiger partial charge in [0.05, 0.1) is 11.3 Å². The lowest BCUT2D eigenvalue weighted by molar-refractivity contribution is 0.736. The summed E-state index contributed by atoms with van der Waals surface area (Å²) >= 11 is 1.69. The van der Waals surface area contributed by atoms with Gasteiger partial charge in [0.15, 0.2) is 0 Å². The smallest absolute Gasteiger partial charge is 0.0963 e. The molecule has 18 heavy (non-hydrogen) atoms. The van der Waals surface area contributed by atoms with Crippen LogP contribution in [-0.2, 0) is 0 Å². The molecule has 1 aliphatic rings. The molecule has 0 N–H and O–H groups in total. The Hall–Kier alpha value is -1.20. The quantitative estimate of drug-likeness (QED) is 0.531. The van der Waals surface area contributed by atoms with Crippen molar-refractivity contribution in [3.8, 4) is 6.07 Å². The van der Waals surface area contributed by atoms with Crippen molar-refractivity contribution in [3.05, 3.63) is 42.0 Å². The number of thioether (sulfide) groups is 1. The summed E-state index contributed by atoms with van der Waals surface area (Å²) in [6.45, 7) is 0. The van der Waals surface area contributed by atoms with E-state index in [2.05, 4.69) is 24.3 Å². The van der Waals surface area contributed by atoms with Crippen LogP contribution >= 0.6 is 11.8 Å². The Kier molecular flexibility index (Phi) is 5.36. The second-order valence-electron chi connectivity index (χ2n) is 4.70. The van der Waals surface area contributed by atoms with E-state index >= 15 is 0 Å². The maximum Gasteiger partial charge on any atom is 0.0963 e. The molecule has 0 amide bonds. The third-order valence-electron chi connectivity index (χ3n) is 3.26. The molecule has 1 aromatic rings. The normalized spacial score (nSPS) is 16.1. The van der Waals surface area contributed by atoms with Crippen LogP contribution in [0.2, 0.25) is 0 Å². The van der Waals surface area contributed by atoms with Crippen LogP contribution in [0.4, 0.5) is 0 Å². The molecular weight excluding hydrogens is 238 g/mol. The molecule has 0 bridgehead atoms. The van der Waals surface area contributed by atoms with E-state index in [1.165, 1.54) is 30.6 Å². The van der Waals surface area contributed by atoms with Gasteiger partial charge >= 0.3 is 0 Å². The lowest BCUT2D eigenvalue weighted by atomic mass is 10.1. The molecule has 0 heterocycles. The lowest BCUT2D eigenvalue weighted by Gasteiger charge is -2.09. The van der Waals surface area contributed by atoms with E-state index in [-0.39, 0.29) is 5.25 Å². The molecule has 1 aliphatic carbocycles. The van der Waals surface area contributed by atoms with Crippen molar-refractivity contribution in [3.63, 3.8) is 0 Å². The molecule has 1 atom stereocenters. The number of hydrogen-bond donors (Lipinski definition) is 0. The first-order valence-corrected chi connectivity index (χ1v) is 7.55. The molecule has 0 saturated carbocycles. The highest BCUT2D eigenvalue weighted by atomic mass is 32.2. The van der Waals surface area contributed by atoms with E-state index in [1.54, 1.807) is 17.3 Å². The van der Waals surface area contributed by atoms with Gasteiger partial charge < -0.3 is 0 Å². The highest BCUT2D eigenvalue weighted by Crippen LogP contribution is 2.28. The van der Waals surface area contributed by atoms with Crippen molar-refractivity contribution >= 4 is 11.8 Å². The standard InChI is InChI=1S/C16H19NS/c17-13-16(18-15-10-2-1-3-11-15)12-6-9-14-7-4-5-8-14/h1-3,7,10-11,16H,4-6,8-9,12H2. The summed E-state index contributed by atoms with van der Waals surface area (Å²) in [6.07, 6.45) is 9.57. The largest absolute Gasteiger partial charge is 0.197 e. The molecule has 94 valence electrons. The van der Waals surface area contributed by atoms with Crippen LogP contribution in [0.15, 0.2) is 46.9 Å². The average molecular weight is 257 g/mol. The van der Waals surface area contributed by atoms with Crippen LogP contribution in [0.25, 0.3) is 0 Å². The van der Waals surface area contributed by atoms with Gasteiger partial charge in [-0.05, 0) is 50.7 Å². The minimum atomic E-state index is 0.0920. The zero-order valence-corrected chi connectivity index (χ0v) is 11.5. The maximum absolute atomic E-state index is 9.19. The van der Waals surface area contributed by atoms with E-state index in [4.69, 9.17) is 0 Å². The molecule has 1 nitrogen and oxygen atoms in total. The first kappa shape index (κ1) is 13.2. The van der Waals surface area contributed by atoms with Gasteiger partial charge in [-0.15, -0.1) is 11.8 Å². The molecule has 2 rings (SSSR count). The number of benzene rings is 1. The van der Waals surface area contributed by atoms with Crippen LogP contribution in [-0.4, -0.2) is 5.25 Å². The summed E-state index contributed by atoms with van der Waals surface area (Å²) in [6, 6.07) is 12.6. The number of nitriles is 1. The van der Waals surface area contributed by atoms with Gasteiger partial charge in [-0.2, -0.15) is 5.26 Å². The SMILES string of the molecule is N#CC(CCCC1=CCCC1)Sc1ccccc1. The minimum absolute atomic E-state index is 0.0920.